The Hall–Kier alpha value is -2.10. The lowest BCUT2D eigenvalue weighted by molar-refractivity contribution is -0.392. The zero-order valence-corrected chi connectivity index (χ0v) is 11.3. The minimum Gasteiger partial charge on any atom is -0.374 e. The second-order valence-electron chi connectivity index (χ2n) is 3.92. The Labute approximate surface area is 121 Å². The molecule has 11 heteroatoms. The van der Waals surface area contributed by atoms with Crippen LogP contribution in [0.5, 0.6) is 0 Å². The molecule has 21 heavy (non-hydrogen) atoms. The number of nitro groups is 2. The maximum absolute atomic E-state index is 12.8. The summed E-state index contributed by atoms with van der Waals surface area (Å²) in [6.07, 6.45) is -4.59. The summed E-state index contributed by atoms with van der Waals surface area (Å²) in [5.41, 5.74) is -4.46. The Balaban J connectivity index is 3.73. The van der Waals surface area contributed by atoms with E-state index in [4.69, 9.17) is 11.6 Å². The number of rotatable bonds is 5. The van der Waals surface area contributed by atoms with Gasteiger partial charge in [-0.15, -0.1) is 0 Å². The van der Waals surface area contributed by atoms with Crippen molar-refractivity contribution in [2.24, 2.45) is 0 Å². The second-order valence-corrected chi connectivity index (χ2v) is 4.30. The van der Waals surface area contributed by atoms with Gasteiger partial charge in [-0.1, -0.05) is 18.5 Å². The van der Waals surface area contributed by atoms with Crippen LogP contribution in [0.25, 0.3) is 0 Å². The summed E-state index contributed by atoms with van der Waals surface area (Å²) in [6.45, 7) is 1.78. The molecule has 0 bridgehead atoms. The third kappa shape index (κ3) is 3.51. The topological polar surface area (TPSA) is 98.3 Å². The maximum atomic E-state index is 12.8. The van der Waals surface area contributed by atoms with Crippen molar-refractivity contribution in [3.8, 4) is 0 Å². The third-order valence-electron chi connectivity index (χ3n) is 2.45. The second kappa shape index (κ2) is 6.12. The summed E-state index contributed by atoms with van der Waals surface area (Å²) in [7, 11) is 0. The Kier molecular flexibility index (Phi) is 4.94. The Bertz CT molecular complexity index is 592. The zero-order chi connectivity index (χ0) is 16.4. The summed E-state index contributed by atoms with van der Waals surface area (Å²) in [5.74, 6) is 0. The molecule has 0 aliphatic heterocycles. The van der Waals surface area contributed by atoms with Gasteiger partial charge in [0.15, 0.2) is 5.69 Å². The summed E-state index contributed by atoms with van der Waals surface area (Å²) in [5, 5.41) is 23.0. The van der Waals surface area contributed by atoms with Gasteiger partial charge in [-0.3, -0.25) is 20.2 Å². The summed E-state index contributed by atoms with van der Waals surface area (Å²) in [4.78, 5) is 19.5. The molecule has 1 aromatic carbocycles. The van der Waals surface area contributed by atoms with E-state index in [1.165, 1.54) is 0 Å². The minimum absolute atomic E-state index is 0.101. The fraction of sp³-hybridized carbons (Fsp3) is 0.400. The average molecular weight is 328 g/mol. The lowest BCUT2D eigenvalue weighted by Gasteiger charge is -2.13. The van der Waals surface area contributed by atoms with Gasteiger partial charge in [-0.25, -0.2) is 0 Å². The number of halogens is 4. The van der Waals surface area contributed by atoms with Crippen LogP contribution in [0.3, 0.4) is 0 Å². The lowest BCUT2D eigenvalue weighted by atomic mass is 10.1. The fourth-order valence-electron chi connectivity index (χ4n) is 1.58. The molecular weight excluding hydrogens is 319 g/mol. The molecule has 1 N–H and O–H groups in total. The highest BCUT2D eigenvalue weighted by Crippen LogP contribution is 2.47. The first-order chi connectivity index (χ1) is 9.61. The SMILES string of the molecule is CCCNc1c([N+](=O)[O-])cc(C(F)(F)F)c(Cl)c1[N+](=O)[O-]. The van der Waals surface area contributed by atoms with Crippen LogP contribution in [0, 0.1) is 20.2 Å². The van der Waals surface area contributed by atoms with E-state index in [0.717, 1.165) is 0 Å². The Morgan fingerprint density at radius 3 is 2.24 bits per heavy atom. The number of nitrogens with one attached hydrogen (secondary N) is 1. The number of nitro benzene ring substituents is 2. The van der Waals surface area contributed by atoms with Crippen LogP contribution in [0.15, 0.2) is 6.07 Å². The molecule has 0 atom stereocenters. The van der Waals surface area contributed by atoms with Crippen molar-refractivity contribution in [3.05, 3.63) is 36.9 Å². The molecule has 7 nitrogen and oxygen atoms in total. The van der Waals surface area contributed by atoms with Gasteiger partial charge in [-0.2, -0.15) is 13.2 Å². The fourth-order valence-corrected chi connectivity index (χ4v) is 1.90. The standard InChI is InChI=1S/C10H9ClF3N3O4/c1-2-3-15-8-6(16(18)19)4-5(10(12,13)14)7(11)9(8)17(20)21/h4,15H,2-3H2,1H3. The van der Waals surface area contributed by atoms with Crippen molar-refractivity contribution in [2.45, 2.75) is 19.5 Å². The van der Waals surface area contributed by atoms with E-state index in [0.29, 0.717) is 6.42 Å². The molecule has 0 heterocycles. The molecule has 1 aromatic rings. The first-order valence-electron chi connectivity index (χ1n) is 5.57. The van der Waals surface area contributed by atoms with Crippen LogP contribution in [0.2, 0.25) is 5.02 Å². The third-order valence-corrected chi connectivity index (χ3v) is 2.84. The smallest absolute Gasteiger partial charge is 0.374 e. The van der Waals surface area contributed by atoms with Crippen LogP contribution >= 0.6 is 11.6 Å². The van der Waals surface area contributed by atoms with Crippen molar-refractivity contribution in [3.63, 3.8) is 0 Å². The predicted octanol–water partition coefficient (Wildman–Crippen LogP) is 4.00. The zero-order valence-electron chi connectivity index (χ0n) is 10.5. The van der Waals surface area contributed by atoms with E-state index in [9.17, 15) is 33.4 Å². The molecule has 0 aliphatic carbocycles. The first-order valence-corrected chi connectivity index (χ1v) is 5.95. The number of alkyl halides is 3. The van der Waals surface area contributed by atoms with Crippen LogP contribution in [0.4, 0.5) is 30.2 Å². The molecule has 0 fully saturated rings. The van der Waals surface area contributed by atoms with Gasteiger partial charge in [0, 0.05) is 12.6 Å². The molecule has 0 saturated carbocycles. The van der Waals surface area contributed by atoms with E-state index >= 15 is 0 Å². The molecule has 0 amide bonds. The summed E-state index contributed by atoms with van der Waals surface area (Å²) >= 11 is 5.42. The molecule has 0 radical (unpaired) electrons. The van der Waals surface area contributed by atoms with E-state index in [-0.39, 0.29) is 12.6 Å². The van der Waals surface area contributed by atoms with E-state index in [2.05, 4.69) is 5.32 Å². The normalized spacial score (nSPS) is 11.3. The lowest BCUT2D eigenvalue weighted by Crippen LogP contribution is -2.12. The number of hydrogen-bond acceptors (Lipinski definition) is 5. The monoisotopic (exact) mass is 327 g/mol. The van der Waals surface area contributed by atoms with E-state index < -0.39 is 43.7 Å². The van der Waals surface area contributed by atoms with Crippen LogP contribution in [0.1, 0.15) is 18.9 Å². The Morgan fingerprint density at radius 1 is 1.29 bits per heavy atom. The van der Waals surface area contributed by atoms with E-state index in [1.807, 2.05) is 0 Å². The molecule has 0 aliphatic rings. The van der Waals surface area contributed by atoms with Crippen LogP contribution in [-0.2, 0) is 6.18 Å². The van der Waals surface area contributed by atoms with Gasteiger partial charge in [0.25, 0.3) is 5.69 Å². The van der Waals surface area contributed by atoms with Gasteiger partial charge in [0.1, 0.15) is 5.02 Å². The number of hydrogen-bond donors (Lipinski definition) is 1. The van der Waals surface area contributed by atoms with Crippen molar-refractivity contribution in [2.75, 3.05) is 11.9 Å². The number of nitrogens with zero attached hydrogens (tertiary/aromatic N) is 2. The number of benzene rings is 1. The van der Waals surface area contributed by atoms with Crippen molar-refractivity contribution < 1.29 is 23.0 Å². The van der Waals surface area contributed by atoms with E-state index in [1.54, 1.807) is 6.92 Å². The van der Waals surface area contributed by atoms with Gasteiger partial charge >= 0.3 is 11.9 Å². The molecule has 1 rings (SSSR count). The molecule has 116 valence electrons. The maximum Gasteiger partial charge on any atom is 0.418 e. The van der Waals surface area contributed by atoms with Crippen molar-refractivity contribution in [1.29, 1.82) is 0 Å². The average Bonchev–Trinajstić information content (AvgIpc) is 2.33. The van der Waals surface area contributed by atoms with Gasteiger partial charge in [0.2, 0.25) is 0 Å². The van der Waals surface area contributed by atoms with Gasteiger partial charge in [0.05, 0.1) is 15.4 Å². The van der Waals surface area contributed by atoms with Crippen LogP contribution in [-0.4, -0.2) is 16.4 Å². The molecule has 0 saturated heterocycles. The molecule has 0 spiro atoms. The predicted molar refractivity (Wildman–Crippen MR) is 68.5 cm³/mol. The largest absolute Gasteiger partial charge is 0.418 e. The van der Waals surface area contributed by atoms with Gasteiger partial charge in [-0.05, 0) is 6.42 Å². The summed E-state index contributed by atoms with van der Waals surface area (Å²) in [6, 6.07) is 0.188. The highest BCUT2D eigenvalue weighted by Gasteiger charge is 2.41. The highest BCUT2D eigenvalue weighted by atomic mass is 35.5. The highest BCUT2D eigenvalue weighted by molar-refractivity contribution is 6.34. The molecule has 0 unspecified atom stereocenters. The molecule has 0 aromatic heterocycles. The molecular formula is C10H9ClF3N3O4. The minimum atomic E-state index is -5.05. The van der Waals surface area contributed by atoms with Crippen molar-refractivity contribution >= 4 is 28.7 Å². The number of anilines is 1. The van der Waals surface area contributed by atoms with Crippen LogP contribution < -0.4 is 5.32 Å². The first kappa shape index (κ1) is 17.0. The van der Waals surface area contributed by atoms with Gasteiger partial charge < -0.3 is 5.32 Å². The Morgan fingerprint density at radius 2 is 1.86 bits per heavy atom. The summed E-state index contributed by atoms with van der Waals surface area (Å²) < 4.78 is 38.3. The quantitative estimate of drug-likeness (QED) is 0.651. The van der Waals surface area contributed by atoms with Crippen molar-refractivity contribution in [1.82, 2.24) is 0 Å².